The second kappa shape index (κ2) is 4.36. The van der Waals surface area contributed by atoms with Gasteiger partial charge in [-0.25, -0.2) is 4.98 Å². The summed E-state index contributed by atoms with van der Waals surface area (Å²) < 4.78 is 0. The van der Waals surface area contributed by atoms with Crippen molar-refractivity contribution in [1.82, 2.24) is 4.98 Å². The van der Waals surface area contributed by atoms with Gasteiger partial charge in [0, 0.05) is 12.1 Å². The van der Waals surface area contributed by atoms with E-state index in [2.05, 4.69) is 4.98 Å². The minimum absolute atomic E-state index is 0.201. The van der Waals surface area contributed by atoms with Crippen LogP contribution in [0.3, 0.4) is 0 Å². The summed E-state index contributed by atoms with van der Waals surface area (Å²) in [5.41, 5.74) is 10.9. The Labute approximate surface area is 81.1 Å². The van der Waals surface area contributed by atoms with Gasteiger partial charge in [0.25, 0.3) is 5.91 Å². The summed E-state index contributed by atoms with van der Waals surface area (Å²) in [6.07, 6.45) is 0.645. The lowest BCUT2D eigenvalue weighted by atomic mass is 10.2. The van der Waals surface area contributed by atoms with Crippen molar-refractivity contribution < 1.29 is 9.59 Å². The van der Waals surface area contributed by atoms with Crippen LogP contribution in [0.2, 0.25) is 0 Å². The van der Waals surface area contributed by atoms with E-state index in [4.69, 9.17) is 11.5 Å². The summed E-state index contributed by atoms with van der Waals surface area (Å²) in [5.74, 6) is -0.970. The number of carbonyl (C=O) groups is 2. The summed E-state index contributed by atoms with van der Waals surface area (Å²) >= 11 is 0. The molecule has 5 nitrogen and oxygen atoms in total. The Morgan fingerprint density at radius 3 is 2.57 bits per heavy atom. The van der Waals surface area contributed by atoms with Crippen LogP contribution in [0.5, 0.6) is 0 Å². The van der Waals surface area contributed by atoms with Crippen LogP contribution < -0.4 is 11.5 Å². The van der Waals surface area contributed by atoms with Gasteiger partial charge in [0.05, 0.1) is 0 Å². The maximum atomic E-state index is 10.8. The van der Waals surface area contributed by atoms with Gasteiger partial charge in [-0.2, -0.15) is 0 Å². The van der Waals surface area contributed by atoms with E-state index in [1.165, 1.54) is 6.07 Å². The highest BCUT2D eigenvalue weighted by atomic mass is 16.1. The van der Waals surface area contributed by atoms with E-state index < -0.39 is 11.8 Å². The molecule has 5 heteroatoms. The topological polar surface area (TPSA) is 99.1 Å². The lowest BCUT2D eigenvalue weighted by Crippen LogP contribution is -2.15. The van der Waals surface area contributed by atoms with Gasteiger partial charge in [-0.1, -0.05) is 6.07 Å². The number of hydrogen-bond donors (Lipinski definition) is 2. The molecule has 1 heterocycles. The second-order valence-electron chi connectivity index (χ2n) is 2.84. The molecule has 0 aliphatic carbocycles. The average molecular weight is 193 g/mol. The zero-order chi connectivity index (χ0) is 10.6. The highest BCUT2D eigenvalue weighted by Crippen LogP contribution is 2.01. The standard InChI is InChI=1S/C9H11N3O2/c10-8(13)5-4-6-2-1-3-7(12-6)9(11)14/h1-3H,4-5H2,(H2,10,13)(H2,11,14). The lowest BCUT2D eigenvalue weighted by Gasteiger charge is -1.99. The van der Waals surface area contributed by atoms with Crippen molar-refractivity contribution in [3.8, 4) is 0 Å². The predicted octanol–water partition coefficient (Wildman–Crippen LogP) is -0.402. The molecule has 0 radical (unpaired) electrons. The van der Waals surface area contributed by atoms with E-state index >= 15 is 0 Å². The van der Waals surface area contributed by atoms with Gasteiger partial charge < -0.3 is 11.5 Å². The smallest absolute Gasteiger partial charge is 0.267 e. The first-order valence-electron chi connectivity index (χ1n) is 4.13. The van der Waals surface area contributed by atoms with Gasteiger partial charge in [-0.15, -0.1) is 0 Å². The maximum absolute atomic E-state index is 10.8. The molecule has 1 rings (SSSR count). The third kappa shape index (κ3) is 2.85. The molecule has 4 N–H and O–H groups in total. The summed E-state index contributed by atoms with van der Waals surface area (Å²) in [7, 11) is 0. The number of nitrogens with two attached hydrogens (primary N) is 2. The van der Waals surface area contributed by atoms with E-state index in [1.807, 2.05) is 0 Å². The molecule has 74 valence electrons. The van der Waals surface area contributed by atoms with Crippen molar-refractivity contribution in [3.05, 3.63) is 29.6 Å². The van der Waals surface area contributed by atoms with Crippen molar-refractivity contribution in [2.45, 2.75) is 12.8 Å². The number of nitrogens with zero attached hydrogens (tertiary/aromatic N) is 1. The number of rotatable bonds is 4. The minimum atomic E-state index is -0.578. The zero-order valence-corrected chi connectivity index (χ0v) is 7.56. The number of amides is 2. The number of aryl methyl sites for hydroxylation is 1. The van der Waals surface area contributed by atoms with Crippen molar-refractivity contribution in [2.24, 2.45) is 11.5 Å². The maximum Gasteiger partial charge on any atom is 0.267 e. The summed E-state index contributed by atoms with van der Waals surface area (Å²) in [6.45, 7) is 0. The Morgan fingerprint density at radius 1 is 1.29 bits per heavy atom. The quantitative estimate of drug-likeness (QED) is 0.680. The molecule has 2 amide bonds. The van der Waals surface area contributed by atoms with E-state index in [9.17, 15) is 9.59 Å². The van der Waals surface area contributed by atoms with Crippen LogP contribution in [0, 0.1) is 0 Å². The van der Waals surface area contributed by atoms with Crippen molar-refractivity contribution in [3.63, 3.8) is 0 Å². The van der Waals surface area contributed by atoms with Crippen LogP contribution in [0.25, 0.3) is 0 Å². The van der Waals surface area contributed by atoms with Gasteiger partial charge in [0.2, 0.25) is 5.91 Å². The molecule has 0 spiro atoms. The van der Waals surface area contributed by atoms with Gasteiger partial charge in [-0.3, -0.25) is 9.59 Å². The van der Waals surface area contributed by atoms with E-state index in [0.717, 1.165) is 0 Å². The van der Waals surface area contributed by atoms with Crippen molar-refractivity contribution in [1.29, 1.82) is 0 Å². The zero-order valence-electron chi connectivity index (χ0n) is 7.56. The van der Waals surface area contributed by atoms with Crippen LogP contribution in [0.1, 0.15) is 22.6 Å². The highest BCUT2D eigenvalue weighted by Gasteiger charge is 2.03. The first kappa shape index (κ1) is 10.2. The SMILES string of the molecule is NC(=O)CCc1cccc(C(N)=O)n1. The molecule has 0 fully saturated rings. The number of aromatic nitrogens is 1. The molecular weight excluding hydrogens is 182 g/mol. The Morgan fingerprint density at radius 2 is 2.00 bits per heavy atom. The van der Waals surface area contributed by atoms with Gasteiger partial charge in [0.1, 0.15) is 5.69 Å². The third-order valence-corrected chi connectivity index (χ3v) is 1.69. The molecule has 0 aromatic carbocycles. The molecule has 0 aliphatic rings. The number of carbonyl (C=O) groups excluding carboxylic acids is 2. The van der Waals surface area contributed by atoms with Gasteiger partial charge in [-0.05, 0) is 18.6 Å². The number of hydrogen-bond acceptors (Lipinski definition) is 3. The first-order chi connectivity index (χ1) is 6.59. The molecule has 0 bridgehead atoms. The molecule has 14 heavy (non-hydrogen) atoms. The van der Waals surface area contributed by atoms with Gasteiger partial charge in [0.15, 0.2) is 0 Å². The summed E-state index contributed by atoms with van der Waals surface area (Å²) in [6, 6.07) is 4.91. The van der Waals surface area contributed by atoms with Crippen LogP contribution in [-0.4, -0.2) is 16.8 Å². The molecule has 0 unspecified atom stereocenters. The second-order valence-corrected chi connectivity index (χ2v) is 2.84. The first-order valence-corrected chi connectivity index (χ1v) is 4.13. The van der Waals surface area contributed by atoms with E-state index in [0.29, 0.717) is 12.1 Å². The number of pyridine rings is 1. The van der Waals surface area contributed by atoms with E-state index in [1.54, 1.807) is 12.1 Å². The molecule has 1 aromatic rings. The summed E-state index contributed by atoms with van der Waals surface area (Å²) in [4.78, 5) is 25.2. The lowest BCUT2D eigenvalue weighted by molar-refractivity contribution is -0.118. The summed E-state index contributed by atoms with van der Waals surface area (Å²) in [5, 5.41) is 0. The largest absolute Gasteiger partial charge is 0.370 e. The fraction of sp³-hybridized carbons (Fsp3) is 0.222. The number of primary amides is 2. The normalized spacial score (nSPS) is 9.71. The minimum Gasteiger partial charge on any atom is -0.370 e. The highest BCUT2D eigenvalue weighted by molar-refractivity contribution is 5.90. The fourth-order valence-electron chi connectivity index (χ4n) is 1.01. The molecule has 1 aromatic heterocycles. The average Bonchev–Trinajstić information content (AvgIpc) is 2.15. The molecule has 0 saturated heterocycles. The Kier molecular flexibility index (Phi) is 3.17. The van der Waals surface area contributed by atoms with Crippen LogP contribution >= 0.6 is 0 Å². The monoisotopic (exact) mass is 193 g/mol. The van der Waals surface area contributed by atoms with E-state index in [-0.39, 0.29) is 12.1 Å². The molecule has 0 atom stereocenters. The van der Waals surface area contributed by atoms with Crippen molar-refractivity contribution in [2.75, 3.05) is 0 Å². The van der Waals surface area contributed by atoms with Crippen LogP contribution in [0.4, 0.5) is 0 Å². The van der Waals surface area contributed by atoms with Gasteiger partial charge >= 0.3 is 0 Å². The Bertz CT molecular complexity index is 363. The Balaban J connectivity index is 2.73. The van der Waals surface area contributed by atoms with Crippen molar-refractivity contribution >= 4 is 11.8 Å². The molecule has 0 aliphatic heterocycles. The predicted molar refractivity (Wildman–Crippen MR) is 50.3 cm³/mol. The van der Waals surface area contributed by atoms with Crippen LogP contribution in [0.15, 0.2) is 18.2 Å². The fourth-order valence-corrected chi connectivity index (χ4v) is 1.01. The molecule has 0 saturated carbocycles. The molecular formula is C9H11N3O2. The Hall–Kier alpha value is -1.91. The van der Waals surface area contributed by atoms with Crippen LogP contribution in [-0.2, 0) is 11.2 Å². The third-order valence-electron chi connectivity index (χ3n) is 1.69.